The minimum absolute atomic E-state index is 1.03. The zero-order chi connectivity index (χ0) is 11.8. The SMILES string of the molecule is c1ccc(CCCNCCc2cscn2)cc1. The van der Waals surface area contributed by atoms with Crippen LogP contribution >= 0.6 is 11.3 Å². The number of aromatic nitrogens is 1. The van der Waals surface area contributed by atoms with Crippen LogP contribution in [0.4, 0.5) is 0 Å². The van der Waals surface area contributed by atoms with E-state index in [-0.39, 0.29) is 0 Å². The predicted molar refractivity (Wildman–Crippen MR) is 73.5 cm³/mol. The molecule has 2 nitrogen and oxygen atoms in total. The van der Waals surface area contributed by atoms with Gasteiger partial charge in [0, 0.05) is 18.3 Å². The molecule has 0 aliphatic carbocycles. The summed E-state index contributed by atoms with van der Waals surface area (Å²) in [6, 6.07) is 10.6. The number of aryl methyl sites for hydroxylation is 1. The van der Waals surface area contributed by atoms with E-state index in [1.807, 2.05) is 5.51 Å². The van der Waals surface area contributed by atoms with E-state index in [9.17, 15) is 0 Å². The fourth-order valence-electron chi connectivity index (χ4n) is 1.76. The van der Waals surface area contributed by atoms with Crippen LogP contribution in [-0.2, 0) is 12.8 Å². The van der Waals surface area contributed by atoms with Crippen molar-refractivity contribution in [1.82, 2.24) is 10.3 Å². The van der Waals surface area contributed by atoms with Gasteiger partial charge in [0.05, 0.1) is 11.2 Å². The number of benzene rings is 1. The topological polar surface area (TPSA) is 24.9 Å². The molecule has 17 heavy (non-hydrogen) atoms. The molecular formula is C14H18N2S. The fourth-order valence-corrected chi connectivity index (χ4v) is 2.36. The van der Waals surface area contributed by atoms with E-state index in [1.54, 1.807) is 11.3 Å². The van der Waals surface area contributed by atoms with Crippen molar-refractivity contribution in [3.8, 4) is 0 Å². The quantitative estimate of drug-likeness (QED) is 0.760. The molecule has 0 fully saturated rings. The second-order valence-corrected chi connectivity index (χ2v) is 4.79. The first kappa shape index (κ1) is 12.3. The number of hydrogen-bond donors (Lipinski definition) is 1. The van der Waals surface area contributed by atoms with Crippen LogP contribution in [0.2, 0.25) is 0 Å². The average molecular weight is 246 g/mol. The molecule has 2 aromatic rings. The molecule has 1 aromatic heterocycles. The van der Waals surface area contributed by atoms with Crippen molar-refractivity contribution in [1.29, 1.82) is 0 Å². The summed E-state index contributed by atoms with van der Waals surface area (Å²) in [6.07, 6.45) is 3.39. The van der Waals surface area contributed by atoms with Gasteiger partial charge >= 0.3 is 0 Å². The summed E-state index contributed by atoms with van der Waals surface area (Å²) in [5, 5.41) is 5.58. The largest absolute Gasteiger partial charge is 0.316 e. The van der Waals surface area contributed by atoms with Crippen molar-refractivity contribution in [2.24, 2.45) is 0 Å². The summed E-state index contributed by atoms with van der Waals surface area (Å²) in [7, 11) is 0. The lowest BCUT2D eigenvalue weighted by atomic mass is 10.1. The maximum Gasteiger partial charge on any atom is 0.0794 e. The average Bonchev–Trinajstić information content (AvgIpc) is 2.88. The zero-order valence-corrected chi connectivity index (χ0v) is 10.7. The Morgan fingerprint density at radius 3 is 2.71 bits per heavy atom. The van der Waals surface area contributed by atoms with Crippen molar-refractivity contribution in [2.75, 3.05) is 13.1 Å². The van der Waals surface area contributed by atoms with E-state index in [0.29, 0.717) is 0 Å². The first-order valence-corrected chi connectivity index (χ1v) is 7.01. The molecular weight excluding hydrogens is 228 g/mol. The maximum atomic E-state index is 4.26. The van der Waals surface area contributed by atoms with Gasteiger partial charge in [-0.15, -0.1) is 11.3 Å². The molecule has 3 heteroatoms. The normalized spacial score (nSPS) is 10.6. The van der Waals surface area contributed by atoms with Crippen molar-refractivity contribution in [3.63, 3.8) is 0 Å². The fraction of sp³-hybridized carbons (Fsp3) is 0.357. The molecule has 0 radical (unpaired) electrons. The highest BCUT2D eigenvalue weighted by Gasteiger charge is 1.95. The van der Waals surface area contributed by atoms with Crippen LogP contribution in [0.25, 0.3) is 0 Å². The Balaban J connectivity index is 1.52. The lowest BCUT2D eigenvalue weighted by Crippen LogP contribution is -2.19. The summed E-state index contributed by atoms with van der Waals surface area (Å²) < 4.78 is 0. The van der Waals surface area contributed by atoms with Gasteiger partial charge in [-0.1, -0.05) is 30.3 Å². The van der Waals surface area contributed by atoms with E-state index in [4.69, 9.17) is 0 Å². The van der Waals surface area contributed by atoms with E-state index in [0.717, 1.165) is 25.9 Å². The summed E-state index contributed by atoms with van der Waals surface area (Å²) >= 11 is 1.67. The van der Waals surface area contributed by atoms with Gasteiger partial charge in [-0.05, 0) is 24.9 Å². The number of hydrogen-bond acceptors (Lipinski definition) is 3. The lowest BCUT2D eigenvalue weighted by molar-refractivity contribution is 0.644. The van der Waals surface area contributed by atoms with Gasteiger partial charge in [0.15, 0.2) is 0 Å². The molecule has 1 heterocycles. The number of rotatable bonds is 7. The van der Waals surface area contributed by atoms with Crippen molar-refractivity contribution in [2.45, 2.75) is 19.3 Å². The molecule has 0 bridgehead atoms. The molecule has 0 spiro atoms. The van der Waals surface area contributed by atoms with E-state index < -0.39 is 0 Å². The van der Waals surface area contributed by atoms with Crippen LogP contribution in [0.5, 0.6) is 0 Å². The minimum atomic E-state index is 1.03. The van der Waals surface area contributed by atoms with Gasteiger partial charge in [-0.25, -0.2) is 4.98 Å². The Morgan fingerprint density at radius 1 is 1.06 bits per heavy atom. The Kier molecular flexibility index (Phi) is 5.20. The summed E-state index contributed by atoms with van der Waals surface area (Å²) in [5.41, 5.74) is 4.52. The molecule has 0 unspecified atom stereocenters. The molecule has 0 saturated heterocycles. The highest BCUT2D eigenvalue weighted by molar-refractivity contribution is 7.07. The summed E-state index contributed by atoms with van der Waals surface area (Å²) in [5.74, 6) is 0. The minimum Gasteiger partial charge on any atom is -0.316 e. The van der Waals surface area contributed by atoms with Gasteiger partial charge in [-0.3, -0.25) is 0 Å². The van der Waals surface area contributed by atoms with E-state index >= 15 is 0 Å². The predicted octanol–water partition coefficient (Wildman–Crippen LogP) is 2.91. The van der Waals surface area contributed by atoms with Gasteiger partial charge in [-0.2, -0.15) is 0 Å². The molecule has 2 rings (SSSR count). The monoisotopic (exact) mass is 246 g/mol. The second kappa shape index (κ2) is 7.20. The Bertz CT molecular complexity index is 397. The second-order valence-electron chi connectivity index (χ2n) is 4.07. The Hall–Kier alpha value is -1.19. The Morgan fingerprint density at radius 2 is 1.94 bits per heavy atom. The third kappa shape index (κ3) is 4.67. The number of nitrogens with one attached hydrogen (secondary N) is 1. The molecule has 0 aliphatic heterocycles. The van der Waals surface area contributed by atoms with Crippen LogP contribution < -0.4 is 5.32 Å². The molecule has 90 valence electrons. The number of nitrogens with zero attached hydrogens (tertiary/aromatic N) is 1. The molecule has 1 N–H and O–H groups in total. The van der Waals surface area contributed by atoms with Crippen molar-refractivity contribution < 1.29 is 0 Å². The first-order valence-electron chi connectivity index (χ1n) is 6.07. The molecule has 0 aliphatic rings. The van der Waals surface area contributed by atoms with Gasteiger partial charge in [0.1, 0.15) is 0 Å². The standard InChI is InChI=1S/C14H18N2S/c1-2-5-13(6-3-1)7-4-9-15-10-8-14-11-17-12-16-14/h1-3,5-6,11-12,15H,4,7-10H2. The Labute approximate surface area is 107 Å². The molecule has 0 saturated carbocycles. The molecule has 1 aromatic carbocycles. The number of thiazole rings is 1. The third-order valence-electron chi connectivity index (χ3n) is 2.70. The van der Waals surface area contributed by atoms with Gasteiger partial charge in [0.2, 0.25) is 0 Å². The van der Waals surface area contributed by atoms with Crippen molar-refractivity contribution >= 4 is 11.3 Å². The van der Waals surface area contributed by atoms with E-state index in [1.165, 1.54) is 17.7 Å². The summed E-state index contributed by atoms with van der Waals surface area (Å²) in [4.78, 5) is 4.26. The third-order valence-corrected chi connectivity index (χ3v) is 3.34. The van der Waals surface area contributed by atoms with E-state index in [2.05, 4.69) is 46.0 Å². The molecule has 0 atom stereocenters. The summed E-state index contributed by atoms with van der Waals surface area (Å²) in [6.45, 7) is 2.11. The van der Waals surface area contributed by atoms with Crippen molar-refractivity contribution in [3.05, 3.63) is 52.5 Å². The molecule has 0 amide bonds. The first-order chi connectivity index (χ1) is 8.45. The smallest absolute Gasteiger partial charge is 0.0794 e. The van der Waals surface area contributed by atoms with Crippen LogP contribution in [-0.4, -0.2) is 18.1 Å². The highest BCUT2D eigenvalue weighted by Crippen LogP contribution is 2.02. The van der Waals surface area contributed by atoms with Crippen LogP contribution in [0.1, 0.15) is 17.7 Å². The maximum absolute atomic E-state index is 4.26. The van der Waals surface area contributed by atoms with Gasteiger partial charge < -0.3 is 5.32 Å². The zero-order valence-electron chi connectivity index (χ0n) is 9.93. The highest BCUT2D eigenvalue weighted by atomic mass is 32.1. The van der Waals surface area contributed by atoms with Gasteiger partial charge in [0.25, 0.3) is 0 Å². The van der Waals surface area contributed by atoms with Crippen LogP contribution in [0.3, 0.4) is 0 Å². The lowest BCUT2D eigenvalue weighted by Gasteiger charge is -2.03. The van der Waals surface area contributed by atoms with Crippen LogP contribution in [0.15, 0.2) is 41.2 Å². The van der Waals surface area contributed by atoms with Crippen LogP contribution in [0, 0.1) is 0 Å².